The van der Waals surface area contributed by atoms with Crippen molar-refractivity contribution in [2.45, 2.75) is 87.0 Å². The molecule has 0 aliphatic carbocycles. The van der Waals surface area contributed by atoms with E-state index in [0.717, 1.165) is 11.8 Å². The van der Waals surface area contributed by atoms with Crippen molar-refractivity contribution in [2.75, 3.05) is 0 Å². The van der Waals surface area contributed by atoms with Crippen LogP contribution >= 0.6 is 0 Å². The molecule has 0 aromatic carbocycles. The van der Waals surface area contributed by atoms with E-state index in [0.29, 0.717) is 10.8 Å². The van der Waals surface area contributed by atoms with Crippen LogP contribution in [-0.4, -0.2) is 8.07 Å². The van der Waals surface area contributed by atoms with Gasteiger partial charge in [-0.25, -0.2) is 0 Å². The van der Waals surface area contributed by atoms with Crippen molar-refractivity contribution in [2.24, 2.45) is 22.7 Å². The molecule has 0 radical (unpaired) electrons. The number of rotatable bonds is 7. The van der Waals surface area contributed by atoms with Gasteiger partial charge in [0.15, 0.2) is 0 Å². The summed E-state index contributed by atoms with van der Waals surface area (Å²) in [5, 5.41) is 0. The lowest BCUT2D eigenvalue weighted by Crippen LogP contribution is -2.40. The molecule has 0 aromatic rings. The summed E-state index contributed by atoms with van der Waals surface area (Å²) in [5.41, 5.74) is 0.947. The van der Waals surface area contributed by atoms with E-state index in [2.05, 4.69) is 68.1 Å². The van der Waals surface area contributed by atoms with Crippen molar-refractivity contribution in [1.82, 2.24) is 0 Å². The van der Waals surface area contributed by atoms with Crippen LogP contribution in [0.15, 0.2) is 0 Å². The van der Waals surface area contributed by atoms with Crippen LogP contribution in [0.25, 0.3) is 0 Å². The van der Waals surface area contributed by atoms with Gasteiger partial charge in [0, 0.05) is 8.07 Å². The summed E-state index contributed by atoms with van der Waals surface area (Å²) >= 11 is 0. The lowest BCUT2D eigenvalue weighted by atomic mass is 9.63. The molecule has 1 heteroatoms. The highest BCUT2D eigenvalue weighted by atomic mass is 28.3. The summed E-state index contributed by atoms with van der Waals surface area (Å²) < 4.78 is 0. The smallest absolute Gasteiger partial charge is 0.0445 e. The Balaban J connectivity index is 5.23. The van der Waals surface area contributed by atoms with Gasteiger partial charge in [0.2, 0.25) is 0 Å². The average molecular weight is 271 g/mol. The summed E-state index contributed by atoms with van der Waals surface area (Å²) in [6.45, 7) is 24.7. The first kappa shape index (κ1) is 18.2. The van der Waals surface area contributed by atoms with E-state index in [9.17, 15) is 0 Å². The molecule has 0 bridgehead atoms. The fraction of sp³-hybridized carbons (Fsp3) is 1.00. The van der Waals surface area contributed by atoms with Gasteiger partial charge >= 0.3 is 0 Å². The molecule has 0 N–H and O–H groups in total. The molecule has 0 fully saturated rings. The van der Waals surface area contributed by atoms with Crippen molar-refractivity contribution < 1.29 is 0 Å². The maximum atomic E-state index is 2.53. The van der Waals surface area contributed by atoms with Crippen LogP contribution in [0, 0.1) is 22.7 Å². The van der Waals surface area contributed by atoms with E-state index in [1.54, 1.807) is 0 Å². The molecular formula is C17H38Si. The third-order valence-corrected chi connectivity index (χ3v) is 7.16. The Kier molecular flexibility index (Phi) is 6.19. The van der Waals surface area contributed by atoms with E-state index in [4.69, 9.17) is 0 Å². The minimum atomic E-state index is -1.00. The summed E-state index contributed by atoms with van der Waals surface area (Å²) in [4.78, 5) is 0. The maximum absolute atomic E-state index is 2.53. The fourth-order valence-electron chi connectivity index (χ4n) is 2.92. The molecule has 0 nitrogen and oxygen atoms in total. The predicted octanol–water partition coefficient (Wildman–Crippen LogP) is 6.45. The van der Waals surface area contributed by atoms with Crippen LogP contribution in [0.3, 0.4) is 0 Å². The number of hydrogen-bond acceptors (Lipinski definition) is 0. The first-order chi connectivity index (χ1) is 7.87. The highest BCUT2D eigenvalue weighted by molar-refractivity contribution is 6.76. The van der Waals surface area contributed by atoms with Gasteiger partial charge in [-0.15, -0.1) is 0 Å². The molecule has 0 spiro atoms. The molecule has 18 heavy (non-hydrogen) atoms. The van der Waals surface area contributed by atoms with Crippen molar-refractivity contribution in [3.05, 3.63) is 0 Å². The molecule has 2 atom stereocenters. The Hall–Kier alpha value is 0.217. The van der Waals surface area contributed by atoms with E-state index < -0.39 is 8.07 Å². The van der Waals surface area contributed by atoms with Crippen LogP contribution in [0.4, 0.5) is 0 Å². The summed E-state index contributed by atoms with van der Waals surface area (Å²) in [7, 11) is -1.00. The standard InChI is InChI=1S/C17H38Si/c1-11-16(4,5)14(3)15(13-18(8,9)10)17(6,7)12-2/h14-15H,11-13H2,1-10H3. The minimum Gasteiger partial charge on any atom is -0.0695 e. The van der Waals surface area contributed by atoms with Crippen molar-refractivity contribution >= 4 is 8.07 Å². The first-order valence-electron chi connectivity index (χ1n) is 7.87. The van der Waals surface area contributed by atoms with E-state index in [-0.39, 0.29) is 0 Å². The summed E-state index contributed by atoms with van der Waals surface area (Å²) in [6, 6.07) is 1.47. The molecule has 0 rings (SSSR count). The second-order valence-corrected chi connectivity index (χ2v) is 14.4. The van der Waals surface area contributed by atoms with Gasteiger partial charge in [0.1, 0.15) is 0 Å². The van der Waals surface area contributed by atoms with Crippen LogP contribution in [0.1, 0.15) is 61.3 Å². The zero-order valence-electron chi connectivity index (χ0n) is 14.8. The molecule has 0 heterocycles. The minimum absolute atomic E-state index is 0.469. The van der Waals surface area contributed by atoms with Gasteiger partial charge in [-0.1, -0.05) is 87.0 Å². The quantitative estimate of drug-likeness (QED) is 0.466. The van der Waals surface area contributed by atoms with Crippen molar-refractivity contribution in [3.63, 3.8) is 0 Å². The predicted molar refractivity (Wildman–Crippen MR) is 89.0 cm³/mol. The van der Waals surface area contributed by atoms with E-state index in [1.807, 2.05) is 0 Å². The van der Waals surface area contributed by atoms with E-state index in [1.165, 1.54) is 18.9 Å². The fourth-order valence-corrected chi connectivity index (χ4v) is 5.14. The maximum Gasteiger partial charge on any atom is 0.0445 e. The molecular weight excluding hydrogens is 232 g/mol. The second kappa shape index (κ2) is 6.11. The van der Waals surface area contributed by atoms with Gasteiger partial charge in [0.25, 0.3) is 0 Å². The van der Waals surface area contributed by atoms with Crippen LogP contribution in [0.2, 0.25) is 25.7 Å². The molecule has 0 saturated heterocycles. The van der Waals surface area contributed by atoms with Crippen LogP contribution in [-0.2, 0) is 0 Å². The molecule has 0 aliphatic rings. The third kappa shape index (κ3) is 5.07. The molecule has 110 valence electrons. The van der Waals surface area contributed by atoms with Gasteiger partial charge in [-0.05, 0) is 22.7 Å². The topological polar surface area (TPSA) is 0 Å². The van der Waals surface area contributed by atoms with Crippen molar-refractivity contribution in [1.29, 1.82) is 0 Å². The molecule has 0 amide bonds. The first-order valence-corrected chi connectivity index (χ1v) is 11.6. The van der Waals surface area contributed by atoms with E-state index >= 15 is 0 Å². The summed E-state index contributed by atoms with van der Waals surface area (Å²) in [6.07, 6.45) is 2.59. The zero-order chi connectivity index (χ0) is 14.8. The highest BCUT2D eigenvalue weighted by Crippen LogP contribution is 2.48. The molecule has 0 saturated carbocycles. The third-order valence-electron chi connectivity index (χ3n) is 5.49. The van der Waals surface area contributed by atoms with Gasteiger partial charge in [-0.3, -0.25) is 0 Å². The normalized spacial score (nSPS) is 17.7. The monoisotopic (exact) mass is 270 g/mol. The summed E-state index contributed by atoms with van der Waals surface area (Å²) in [5.74, 6) is 1.67. The average Bonchev–Trinajstić information content (AvgIpc) is 2.23. The van der Waals surface area contributed by atoms with Crippen LogP contribution in [0.5, 0.6) is 0 Å². The largest absolute Gasteiger partial charge is 0.0695 e. The number of hydrogen-bond donors (Lipinski definition) is 0. The second-order valence-electron chi connectivity index (χ2n) is 8.84. The highest BCUT2D eigenvalue weighted by Gasteiger charge is 2.40. The Bertz CT molecular complexity index is 245. The van der Waals surface area contributed by atoms with Gasteiger partial charge < -0.3 is 0 Å². The SMILES string of the molecule is CCC(C)(C)C(C)C(C[Si](C)(C)C)C(C)(C)CC. The zero-order valence-corrected chi connectivity index (χ0v) is 15.8. The van der Waals surface area contributed by atoms with Gasteiger partial charge in [0.05, 0.1) is 0 Å². The Morgan fingerprint density at radius 1 is 0.833 bits per heavy atom. The van der Waals surface area contributed by atoms with Crippen LogP contribution < -0.4 is 0 Å². The molecule has 2 unspecified atom stereocenters. The lowest BCUT2D eigenvalue weighted by Gasteiger charge is -2.46. The van der Waals surface area contributed by atoms with Crippen molar-refractivity contribution in [3.8, 4) is 0 Å². The Labute approximate surface area is 118 Å². The Morgan fingerprint density at radius 3 is 1.50 bits per heavy atom. The molecule has 0 aromatic heterocycles. The lowest BCUT2D eigenvalue weighted by molar-refractivity contribution is 0.0690. The molecule has 0 aliphatic heterocycles. The Morgan fingerprint density at radius 2 is 1.22 bits per heavy atom. The van der Waals surface area contributed by atoms with Gasteiger partial charge in [-0.2, -0.15) is 0 Å².